The van der Waals surface area contributed by atoms with Crippen LogP contribution < -0.4 is 4.74 Å². The number of benzene rings is 1. The predicted octanol–water partition coefficient (Wildman–Crippen LogP) is 2.69. The van der Waals surface area contributed by atoms with Gasteiger partial charge in [0.05, 0.1) is 6.54 Å². The molecular formula is C18H19N3O2. The summed E-state index contributed by atoms with van der Waals surface area (Å²) >= 11 is 0. The number of aliphatic hydroxyl groups is 1. The van der Waals surface area contributed by atoms with Crippen LogP contribution in [0.1, 0.15) is 5.56 Å². The van der Waals surface area contributed by atoms with Gasteiger partial charge in [-0.15, -0.1) is 0 Å². The second-order valence-electron chi connectivity index (χ2n) is 5.42. The first-order valence-electron chi connectivity index (χ1n) is 7.51. The van der Waals surface area contributed by atoms with Crippen LogP contribution in [0.15, 0.2) is 61.2 Å². The van der Waals surface area contributed by atoms with Crippen LogP contribution in [0.5, 0.6) is 5.75 Å². The maximum Gasteiger partial charge on any atom is 0.140 e. The third-order valence-electron chi connectivity index (χ3n) is 3.52. The van der Waals surface area contributed by atoms with Gasteiger partial charge in [0.25, 0.3) is 0 Å². The lowest BCUT2D eigenvalue weighted by Crippen LogP contribution is -2.23. The Morgan fingerprint density at radius 2 is 1.83 bits per heavy atom. The van der Waals surface area contributed by atoms with Crippen molar-refractivity contribution in [2.24, 2.45) is 0 Å². The Labute approximate surface area is 135 Å². The average molecular weight is 309 g/mol. The van der Waals surface area contributed by atoms with E-state index in [4.69, 9.17) is 4.74 Å². The lowest BCUT2D eigenvalue weighted by molar-refractivity contribution is 0.0928. The molecule has 1 atom stereocenters. The summed E-state index contributed by atoms with van der Waals surface area (Å²) in [5.41, 5.74) is 2.15. The lowest BCUT2D eigenvalue weighted by atomic mass is 10.2. The first-order valence-corrected chi connectivity index (χ1v) is 7.51. The van der Waals surface area contributed by atoms with Crippen molar-refractivity contribution in [3.05, 3.63) is 66.7 Å². The zero-order valence-corrected chi connectivity index (χ0v) is 13.0. The van der Waals surface area contributed by atoms with Crippen molar-refractivity contribution in [3.8, 4) is 17.1 Å². The molecule has 1 aromatic carbocycles. The maximum atomic E-state index is 10.2. The second kappa shape index (κ2) is 7.07. The number of aliphatic hydroxyl groups excluding tert-OH is 1. The van der Waals surface area contributed by atoms with Crippen molar-refractivity contribution >= 4 is 0 Å². The van der Waals surface area contributed by atoms with Crippen molar-refractivity contribution in [1.29, 1.82) is 0 Å². The zero-order chi connectivity index (χ0) is 16.1. The highest BCUT2D eigenvalue weighted by Gasteiger charge is 2.11. The third-order valence-corrected chi connectivity index (χ3v) is 3.52. The molecule has 0 bridgehead atoms. The molecule has 23 heavy (non-hydrogen) atoms. The van der Waals surface area contributed by atoms with E-state index in [0.717, 1.165) is 17.1 Å². The van der Waals surface area contributed by atoms with Crippen LogP contribution in [0.2, 0.25) is 0 Å². The summed E-state index contributed by atoms with van der Waals surface area (Å²) in [6.07, 6.45) is 6.41. The van der Waals surface area contributed by atoms with Crippen LogP contribution in [0.3, 0.4) is 0 Å². The summed E-state index contributed by atoms with van der Waals surface area (Å²) in [4.78, 5) is 8.36. The molecule has 0 aliphatic heterocycles. The van der Waals surface area contributed by atoms with Gasteiger partial charge >= 0.3 is 0 Å². The largest absolute Gasteiger partial charge is 0.491 e. The van der Waals surface area contributed by atoms with Crippen molar-refractivity contribution in [2.75, 3.05) is 6.61 Å². The maximum absolute atomic E-state index is 10.2. The highest BCUT2D eigenvalue weighted by Crippen LogP contribution is 2.17. The fourth-order valence-corrected chi connectivity index (χ4v) is 2.32. The number of imidazole rings is 1. The molecule has 1 unspecified atom stereocenters. The summed E-state index contributed by atoms with van der Waals surface area (Å²) < 4.78 is 7.54. The Morgan fingerprint density at radius 1 is 1.09 bits per heavy atom. The smallest absolute Gasteiger partial charge is 0.140 e. The molecule has 0 fully saturated rings. The molecular weight excluding hydrogens is 290 g/mol. The monoisotopic (exact) mass is 309 g/mol. The highest BCUT2D eigenvalue weighted by molar-refractivity contribution is 5.54. The van der Waals surface area contributed by atoms with Gasteiger partial charge in [-0.2, -0.15) is 0 Å². The van der Waals surface area contributed by atoms with Crippen LogP contribution in [-0.2, 0) is 6.54 Å². The number of aromatic nitrogens is 3. The van der Waals surface area contributed by atoms with Gasteiger partial charge in [0, 0.05) is 30.4 Å². The minimum absolute atomic E-state index is 0.233. The lowest BCUT2D eigenvalue weighted by Gasteiger charge is -2.15. The quantitative estimate of drug-likeness (QED) is 0.760. The van der Waals surface area contributed by atoms with E-state index in [2.05, 4.69) is 9.97 Å². The van der Waals surface area contributed by atoms with E-state index in [9.17, 15) is 5.11 Å². The van der Waals surface area contributed by atoms with Gasteiger partial charge in [-0.05, 0) is 31.2 Å². The molecule has 5 heteroatoms. The summed E-state index contributed by atoms with van der Waals surface area (Å²) in [5.74, 6) is 1.57. The first kappa shape index (κ1) is 15.2. The number of aryl methyl sites for hydroxylation is 1. The SMILES string of the molecule is Cc1ccc(OCC(O)Cn2ccnc2-c2ccncc2)cc1. The number of pyridine rings is 1. The number of nitrogens with zero attached hydrogens (tertiary/aromatic N) is 3. The number of hydrogen-bond acceptors (Lipinski definition) is 4. The van der Waals surface area contributed by atoms with Gasteiger partial charge in [-0.1, -0.05) is 17.7 Å². The molecule has 118 valence electrons. The van der Waals surface area contributed by atoms with Gasteiger partial charge in [-0.25, -0.2) is 4.98 Å². The van der Waals surface area contributed by atoms with Crippen LogP contribution >= 0.6 is 0 Å². The Bertz CT molecular complexity index is 738. The fourth-order valence-electron chi connectivity index (χ4n) is 2.32. The van der Waals surface area contributed by atoms with E-state index >= 15 is 0 Å². The standard InChI is InChI=1S/C18H19N3O2/c1-14-2-4-17(5-3-14)23-13-16(22)12-21-11-10-20-18(21)15-6-8-19-9-7-15/h2-11,16,22H,12-13H2,1H3. The van der Waals surface area contributed by atoms with Crippen LogP contribution in [-0.4, -0.2) is 32.4 Å². The van der Waals surface area contributed by atoms with Crippen molar-refractivity contribution in [3.63, 3.8) is 0 Å². The number of hydrogen-bond donors (Lipinski definition) is 1. The molecule has 0 saturated carbocycles. The molecule has 3 rings (SSSR count). The molecule has 0 aliphatic rings. The first-order chi connectivity index (χ1) is 11.2. The Kier molecular flexibility index (Phi) is 4.68. The van der Waals surface area contributed by atoms with Gasteiger partial charge < -0.3 is 14.4 Å². The molecule has 2 aromatic heterocycles. The van der Waals surface area contributed by atoms with Crippen molar-refractivity contribution < 1.29 is 9.84 Å². The molecule has 0 aliphatic carbocycles. The van der Waals surface area contributed by atoms with E-state index in [1.165, 1.54) is 5.56 Å². The number of ether oxygens (including phenoxy) is 1. The molecule has 2 heterocycles. The molecule has 0 spiro atoms. The molecule has 0 radical (unpaired) electrons. The molecule has 0 amide bonds. The molecule has 5 nitrogen and oxygen atoms in total. The van der Waals surface area contributed by atoms with E-state index in [-0.39, 0.29) is 6.61 Å². The van der Waals surface area contributed by atoms with E-state index in [1.54, 1.807) is 18.6 Å². The van der Waals surface area contributed by atoms with Gasteiger partial charge in [0.15, 0.2) is 0 Å². The third kappa shape index (κ3) is 3.96. The average Bonchev–Trinajstić information content (AvgIpc) is 3.03. The zero-order valence-electron chi connectivity index (χ0n) is 13.0. The summed E-state index contributed by atoms with van der Waals surface area (Å²) in [7, 11) is 0. The minimum Gasteiger partial charge on any atom is -0.491 e. The van der Waals surface area contributed by atoms with Gasteiger partial charge in [-0.3, -0.25) is 4.98 Å². The molecule has 0 saturated heterocycles. The van der Waals surface area contributed by atoms with Gasteiger partial charge in [0.1, 0.15) is 24.3 Å². The van der Waals surface area contributed by atoms with Crippen molar-refractivity contribution in [2.45, 2.75) is 19.6 Å². The predicted molar refractivity (Wildman–Crippen MR) is 88.1 cm³/mol. The van der Waals surface area contributed by atoms with Crippen LogP contribution in [0.4, 0.5) is 0 Å². The number of rotatable bonds is 6. The fraction of sp³-hybridized carbons (Fsp3) is 0.222. The summed E-state index contributed by atoms with van der Waals surface area (Å²) in [6, 6.07) is 11.6. The summed E-state index contributed by atoms with van der Waals surface area (Å²) in [6.45, 7) is 2.68. The Hall–Kier alpha value is -2.66. The second-order valence-corrected chi connectivity index (χ2v) is 5.42. The van der Waals surface area contributed by atoms with Crippen LogP contribution in [0.25, 0.3) is 11.4 Å². The Balaban J connectivity index is 1.61. The van der Waals surface area contributed by atoms with E-state index < -0.39 is 6.10 Å². The normalized spacial score (nSPS) is 12.1. The highest BCUT2D eigenvalue weighted by atomic mass is 16.5. The van der Waals surface area contributed by atoms with E-state index in [1.807, 2.05) is 54.1 Å². The van der Waals surface area contributed by atoms with Crippen molar-refractivity contribution in [1.82, 2.24) is 14.5 Å². The topological polar surface area (TPSA) is 60.2 Å². The van der Waals surface area contributed by atoms with Crippen LogP contribution in [0, 0.1) is 6.92 Å². The summed E-state index contributed by atoms with van der Waals surface area (Å²) in [5, 5.41) is 10.2. The Morgan fingerprint density at radius 3 is 2.57 bits per heavy atom. The van der Waals surface area contributed by atoms with Gasteiger partial charge in [0.2, 0.25) is 0 Å². The molecule has 1 N–H and O–H groups in total. The van der Waals surface area contributed by atoms with E-state index in [0.29, 0.717) is 6.54 Å². The molecule has 3 aromatic rings. The minimum atomic E-state index is -0.619.